The van der Waals surface area contributed by atoms with Gasteiger partial charge in [-0.3, -0.25) is 10.1 Å². The highest BCUT2D eigenvalue weighted by Crippen LogP contribution is 2.32. The van der Waals surface area contributed by atoms with Crippen LogP contribution in [0.3, 0.4) is 0 Å². The Morgan fingerprint density at radius 2 is 1.93 bits per heavy atom. The van der Waals surface area contributed by atoms with Crippen LogP contribution in [-0.2, 0) is 16.2 Å². The van der Waals surface area contributed by atoms with Crippen LogP contribution in [-0.4, -0.2) is 36.2 Å². The number of amides is 1. The molecule has 1 aromatic heterocycles. The van der Waals surface area contributed by atoms with E-state index < -0.39 is 27.8 Å². The first kappa shape index (κ1) is 20.7. The molecule has 1 N–H and O–H groups in total. The van der Waals surface area contributed by atoms with Crippen molar-refractivity contribution in [1.29, 1.82) is 0 Å². The van der Waals surface area contributed by atoms with E-state index >= 15 is 0 Å². The lowest BCUT2D eigenvalue weighted by atomic mass is 10.1. The molecule has 1 atom stereocenters. The zero-order valence-corrected chi connectivity index (χ0v) is 16.5. The third-order valence-electron chi connectivity index (χ3n) is 4.48. The maximum Gasteiger partial charge on any atom is 0.434 e. The number of aromatic nitrogens is 1. The molecule has 0 radical (unpaired) electrons. The number of halogens is 3. The van der Waals surface area contributed by atoms with Crippen molar-refractivity contribution in [1.82, 2.24) is 9.29 Å². The van der Waals surface area contributed by atoms with Crippen molar-refractivity contribution in [3.8, 4) is 0 Å². The molecule has 1 amide bonds. The number of anilines is 1. The molecule has 1 aliphatic rings. The molecule has 28 heavy (non-hydrogen) atoms. The van der Waals surface area contributed by atoms with Gasteiger partial charge in [-0.1, -0.05) is 6.42 Å². The number of hydrogen-bond acceptors (Lipinski definition) is 5. The van der Waals surface area contributed by atoms with Gasteiger partial charge in [-0.05, 0) is 44.0 Å². The van der Waals surface area contributed by atoms with Crippen LogP contribution in [0, 0.1) is 0 Å². The van der Waals surface area contributed by atoms with Crippen LogP contribution in [0.15, 0.2) is 34.5 Å². The van der Waals surface area contributed by atoms with Gasteiger partial charge < -0.3 is 0 Å². The summed E-state index contributed by atoms with van der Waals surface area (Å²) >= 11 is 0.660. The largest absolute Gasteiger partial charge is 0.434 e. The number of carbonyl (C=O) groups excluding carboxylic acids is 1. The first-order valence-electron chi connectivity index (χ1n) is 8.55. The summed E-state index contributed by atoms with van der Waals surface area (Å²) in [5, 5.41) is 2.91. The Labute approximate surface area is 164 Å². The van der Waals surface area contributed by atoms with Gasteiger partial charge in [0.2, 0.25) is 10.0 Å². The summed E-state index contributed by atoms with van der Waals surface area (Å²) in [6.45, 7) is 2.32. The number of carbonyl (C=O) groups is 1. The van der Waals surface area contributed by atoms with Crippen molar-refractivity contribution >= 4 is 32.4 Å². The molecule has 1 aromatic carbocycles. The zero-order valence-electron chi connectivity index (χ0n) is 14.9. The van der Waals surface area contributed by atoms with Crippen LogP contribution in [0.1, 0.15) is 42.2 Å². The topological polar surface area (TPSA) is 79.4 Å². The molecule has 11 heteroatoms. The number of rotatable bonds is 4. The van der Waals surface area contributed by atoms with Crippen molar-refractivity contribution < 1.29 is 26.4 Å². The van der Waals surface area contributed by atoms with E-state index in [0.29, 0.717) is 17.9 Å². The quantitative estimate of drug-likeness (QED) is 0.791. The fraction of sp³-hybridized carbons (Fsp3) is 0.412. The Morgan fingerprint density at radius 3 is 2.50 bits per heavy atom. The maximum absolute atomic E-state index is 12.8. The van der Waals surface area contributed by atoms with Gasteiger partial charge in [-0.15, -0.1) is 11.3 Å². The molecule has 3 rings (SSSR count). The molecule has 0 saturated carbocycles. The highest BCUT2D eigenvalue weighted by molar-refractivity contribution is 7.89. The Balaban J connectivity index is 1.73. The van der Waals surface area contributed by atoms with Crippen molar-refractivity contribution in [2.45, 2.75) is 43.3 Å². The minimum atomic E-state index is -4.58. The molecule has 0 bridgehead atoms. The summed E-state index contributed by atoms with van der Waals surface area (Å²) < 4.78 is 64.7. The molecular formula is C17H18F3N3O3S2. The summed E-state index contributed by atoms with van der Waals surface area (Å²) in [5.74, 6) is -0.668. The third-order valence-corrected chi connectivity index (χ3v) is 7.27. The van der Waals surface area contributed by atoms with Gasteiger partial charge in [0.05, 0.1) is 4.90 Å². The summed E-state index contributed by atoms with van der Waals surface area (Å²) in [6, 6.07) is 5.22. The van der Waals surface area contributed by atoms with Gasteiger partial charge in [0.15, 0.2) is 10.8 Å². The van der Waals surface area contributed by atoms with Crippen LogP contribution < -0.4 is 5.32 Å². The Bertz CT molecular complexity index is 956. The van der Waals surface area contributed by atoms with E-state index in [9.17, 15) is 26.4 Å². The Kier molecular flexibility index (Phi) is 5.78. The van der Waals surface area contributed by atoms with E-state index in [1.807, 2.05) is 6.92 Å². The Morgan fingerprint density at radius 1 is 1.25 bits per heavy atom. The van der Waals surface area contributed by atoms with Gasteiger partial charge in [0.1, 0.15) is 0 Å². The van der Waals surface area contributed by atoms with E-state index in [1.54, 1.807) is 0 Å². The van der Waals surface area contributed by atoms with E-state index in [0.717, 1.165) is 24.6 Å². The highest BCUT2D eigenvalue weighted by Gasteiger charge is 2.34. The van der Waals surface area contributed by atoms with Gasteiger partial charge in [0.25, 0.3) is 5.91 Å². The SMILES string of the molecule is CC1CCCCN1S(=O)(=O)c1ccc(C(=O)Nc2nc(C(F)(F)F)cs2)cc1. The van der Waals surface area contributed by atoms with Gasteiger partial charge in [-0.2, -0.15) is 17.5 Å². The molecule has 1 fully saturated rings. The highest BCUT2D eigenvalue weighted by atomic mass is 32.2. The second kappa shape index (κ2) is 7.80. The van der Waals surface area contributed by atoms with Gasteiger partial charge in [-0.25, -0.2) is 13.4 Å². The molecule has 2 aromatic rings. The summed E-state index contributed by atoms with van der Waals surface area (Å²) in [7, 11) is -3.66. The molecule has 1 unspecified atom stereocenters. The minimum absolute atomic E-state index is 0.0754. The third kappa shape index (κ3) is 4.36. The van der Waals surface area contributed by atoms with E-state index in [2.05, 4.69) is 10.3 Å². The molecule has 6 nitrogen and oxygen atoms in total. The van der Waals surface area contributed by atoms with Gasteiger partial charge >= 0.3 is 6.18 Å². The normalized spacial score (nSPS) is 18.8. The van der Waals surface area contributed by atoms with Gasteiger partial charge in [0, 0.05) is 23.5 Å². The smallest absolute Gasteiger partial charge is 0.298 e. The summed E-state index contributed by atoms with van der Waals surface area (Å²) in [6.07, 6.45) is -1.99. The standard InChI is InChI=1S/C17H18F3N3O3S2/c1-11-4-2-3-9-23(11)28(25,26)13-7-5-12(6-8-13)15(24)22-16-21-14(10-27-16)17(18,19)20/h5-8,10-11H,2-4,9H2,1H3,(H,21,22,24). The van der Waals surface area contributed by atoms with E-state index in [1.165, 1.54) is 28.6 Å². The van der Waals surface area contributed by atoms with E-state index in [4.69, 9.17) is 0 Å². The fourth-order valence-electron chi connectivity index (χ4n) is 2.97. The number of benzene rings is 1. The van der Waals surface area contributed by atoms with E-state index in [-0.39, 0.29) is 21.6 Å². The van der Waals surface area contributed by atoms with Crippen molar-refractivity contribution in [3.63, 3.8) is 0 Å². The lowest BCUT2D eigenvalue weighted by Crippen LogP contribution is -2.41. The molecule has 0 aliphatic carbocycles. The molecule has 0 spiro atoms. The number of nitrogens with one attached hydrogen (secondary N) is 1. The number of hydrogen-bond donors (Lipinski definition) is 1. The van der Waals surface area contributed by atoms with Crippen LogP contribution in [0.5, 0.6) is 0 Å². The number of piperidine rings is 1. The number of nitrogens with zero attached hydrogens (tertiary/aromatic N) is 2. The molecule has 2 heterocycles. The van der Waals surface area contributed by atoms with Crippen LogP contribution in [0.2, 0.25) is 0 Å². The lowest BCUT2D eigenvalue weighted by molar-refractivity contribution is -0.140. The predicted molar refractivity (Wildman–Crippen MR) is 98.7 cm³/mol. The second-order valence-electron chi connectivity index (χ2n) is 6.47. The average Bonchev–Trinajstić information content (AvgIpc) is 3.11. The first-order chi connectivity index (χ1) is 13.1. The number of thiazole rings is 1. The van der Waals surface area contributed by atoms with Crippen LogP contribution in [0.4, 0.5) is 18.3 Å². The molecule has 1 aliphatic heterocycles. The molecule has 152 valence electrons. The molecule has 1 saturated heterocycles. The Hall–Kier alpha value is -1.98. The van der Waals surface area contributed by atoms with Crippen molar-refractivity contribution in [2.75, 3.05) is 11.9 Å². The zero-order chi connectivity index (χ0) is 20.5. The molecular weight excluding hydrogens is 415 g/mol. The van der Waals surface area contributed by atoms with Crippen LogP contribution in [0.25, 0.3) is 0 Å². The monoisotopic (exact) mass is 433 g/mol. The predicted octanol–water partition coefficient (Wildman–Crippen LogP) is 3.98. The minimum Gasteiger partial charge on any atom is -0.298 e. The second-order valence-corrected chi connectivity index (χ2v) is 9.22. The summed E-state index contributed by atoms with van der Waals surface area (Å²) in [4.78, 5) is 15.6. The lowest BCUT2D eigenvalue weighted by Gasteiger charge is -2.32. The first-order valence-corrected chi connectivity index (χ1v) is 10.9. The number of alkyl halides is 3. The summed E-state index contributed by atoms with van der Waals surface area (Å²) in [5.41, 5.74) is -0.959. The number of sulfonamides is 1. The average molecular weight is 433 g/mol. The van der Waals surface area contributed by atoms with Crippen LogP contribution >= 0.6 is 11.3 Å². The fourth-order valence-corrected chi connectivity index (χ4v) is 5.38. The maximum atomic E-state index is 12.8. The van der Waals surface area contributed by atoms with Crippen molar-refractivity contribution in [3.05, 3.63) is 40.9 Å². The van der Waals surface area contributed by atoms with Crippen molar-refractivity contribution in [2.24, 2.45) is 0 Å².